The van der Waals surface area contributed by atoms with Crippen LogP contribution in [0.4, 0.5) is 19.0 Å². The number of benzene rings is 1. The summed E-state index contributed by atoms with van der Waals surface area (Å²) < 4.78 is 70.8. The maximum Gasteiger partial charge on any atom is 0.417 e. The van der Waals surface area contributed by atoms with Crippen LogP contribution in [0.25, 0.3) is 5.65 Å². The summed E-state index contributed by atoms with van der Waals surface area (Å²) >= 11 is 3.46. The summed E-state index contributed by atoms with van der Waals surface area (Å²) in [4.78, 5) is 8.10. The predicted octanol–water partition coefficient (Wildman–Crippen LogP) is 5.09. The second kappa shape index (κ2) is 10.0. The fraction of sp³-hybridized carbons (Fsp3) is 0.292. The summed E-state index contributed by atoms with van der Waals surface area (Å²) in [5.41, 5.74) is 0.972. The molecule has 1 atom stereocenters. The number of piperidine rings is 1. The van der Waals surface area contributed by atoms with E-state index in [9.17, 15) is 21.6 Å². The third-order valence-electron chi connectivity index (χ3n) is 6.26. The summed E-state index contributed by atoms with van der Waals surface area (Å²) in [6.07, 6.45) is 1.40. The zero-order valence-electron chi connectivity index (χ0n) is 19.4. The minimum Gasteiger partial charge on any atom is -0.366 e. The molecule has 194 valence electrons. The van der Waals surface area contributed by atoms with Crippen LogP contribution in [-0.4, -0.2) is 45.4 Å². The van der Waals surface area contributed by atoms with Gasteiger partial charge in [-0.1, -0.05) is 18.2 Å². The minimum absolute atomic E-state index is 0.0193. The van der Waals surface area contributed by atoms with Crippen molar-refractivity contribution in [2.45, 2.75) is 36.4 Å². The van der Waals surface area contributed by atoms with Crippen LogP contribution < -0.4 is 5.32 Å². The first-order valence-electron chi connectivity index (χ1n) is 11.5. The Balaban J connectivity index is 1.46. The van der Waals surface area contributed by atoms with Gasteiger partial charge in [0, 0.05) is 44.0 Å². The van der Waals surface area contributed by atoms with Gasteiger partial charge in [-0.25, -0.2) is 13.4 Å². The lowest BCUT2D eigenvalue weighted by molar-refractivity contribution is -0.139. The standard InChI is InChI=1S/C24H22BrF3N6O2S/c25-19-14-31-34-22(30-13-16-5-3-9-29-12-16)11-20(32-23(19)34)17-6-4-10-33(15-17)37(35,36)21-8-2-1-7-18(21)24(26,27)28/h1-3,5,7-9,11-12,14,17,30H,4,6,10,13,15H2. The molecule has 1 aliphatic heterocycles. The highest BCUT2D eigenvalue weighted by Crippen LogP contribution is 2.37. The van der Waals surface area contributed by atoms with Gasteiger partial charge < -0.3 is 5.32 Å². The molecule has 8 nitrogen and oxygen atoms in total. The molecule has 1 aromatic carbocycles. The number of sulfonamides is 1. The second-order valence-electron chi connectivity index (χ2n) is 8.71. The second-order valence-corrected chi connectivity index (χ2v) is 11.5. The summed E-state index contributed by atoms with van der Waals surface area (Å²) in [6.45, 7) is 0.629. The third-order valence-corrected chi connectivity index (χ3v) is 8.74. The van der Waals surface area contributed by atoms with E-state index in [1.165, 1.54) is 12.1 Å². The van der Waals surface area contributed by atoms with Crippen molar-refractivity contribution in [3.05, 3.63) is 82.3 Å². The number of anilines is 1. The molecule has 1 fully saturated rings. The quantitative estimate of drug-likeness (QED) is 0.334. The van der Waals surface area contributed by atoms with Gasteiger partial charge in [0.05, 0.1) is 26.8 Å². The fourth-order valence-corrected chi connectivity index (χ4v) is 6.54. The number of hydrogen-bond acceptors (Lipinski definition) is 6. The minimum atomic E-state index is -4.78. The number of fused-ring (bicyclic) bond motifs is 1. The topological polar surface area (TPSA) is 92.5 Å². The number of pyridine rings is 1. The lowest BCUT2D eigenvalue weighted by Gasteiger charge is -2.32. The number of alkyl halides is 3. The summed E-state index contributed by atoms with van der Waals surface area (Å²) in [5.74, 6) is 0.337. The lowest BCUT2D eigenvalue weighted by atomic mass is 9.96. The van der Waals surface area contributed by atoms with Crippen LogP contribution in [0.2, 0.25) is 0 Å². The molecule has 0 amide bonds. The smallest absolute Gasteiger partial charge is 0.366 e. The number of aromatic nitrogens is 4. The van der Waals surface area contributed by atoms with Crippen molar-refractivity contribution in [1.82, 2.24) is 23.9 Å². The van der Waals surface area contributed by atoms with E-state index in [2.05, 4.69) is 31.3 Å². The molecule has 5 rings (SSSR count). The molecule has 0 aliphatic carbocycles. The molecular weight excluding hydrogens is 573 g/mol. The van der Waals surface area contributed by atoms with E-state index in [0.717, 1.165) is 22.0 Å². The Hall–Kier alpha value is -3.03. The number of nitrogens with one attached hydrogen (secondary N) is 1. The zero-order valence-corrected chi connectivity index (χ0v) is 21.8. The van der Waals surface area contributed by atoms with Crippen molar-refractivity contribution in [2.24, 2.45) is 0 Å². The number of rotatable bonds is 6. The summed E-state index contributed by atoms with van der Waals surface area (Å²) in [7, 11) is -4.38. The van der Waals surface area contributed by atoms with Crippen molar-refractivity contribution < 1.29 is 21.6 Å². The monoisotopic (exact) mass is 594 g/mol. The Labute approximate surface area is 219 Å². The molecule has 1 unspecified atom stereocenters. The van der Waals surface area contributed by atoms with Crippen molar-refractivity contribution >= 4 is 37.4 Å². The van der Waals surface area contributed by atoms with Gasteiger partial charge in [-0.3, -0.25) is 4.98 Å². The Morgan fingerprint density at radius 1 is 1.14 bits per heavy atom. The van der Waals surface area contributed by atoms with E-state index in [4.69, 9.17) is 4.98 Å². The van der Waals surface area contributed by atoms with Crippen LogP contribution in [0.1, 0.15) is 35.6 Å². The Morgan fingerprint density at radius 3 is 2.70 bits per heavy atom. The Morgan fingerprint density at radius 2 is 1.95 bits per heavy atom. The van der Waals surface area contributed by atoms with Crippen molar-refractivity contribution in [3.8, 4) is 0 Å². The van der Waals surface area contributed by atoms with Crippen molar-refractivity contribution in [3.63, 3.8) is 0 Å². The molecule has 1 aliphatic rings. The SMILES string of the molecule is O=S(=O)(c1ccccc1C(F)(F)F)N1CCCC(c2cc(NCc3cccnc3)n3ncc(Br)c3n2)C1. The first-order chi connectivity index (χ1) is 17.6. The maximum absolute atomic E-state index is 13.6. The van der Waals surface area contributed by atoms with Gasteiger partial charge in [0.1, 0.15) is 5.82 Å². The molecule has 4 aromatic rings. The van der Waals surface area contributed by atoms with Gasteiger partial charge in [0.2, 0.25) is 10.0 Å². The molecule has 0 spiro atoms. The maximum atomic E-state index is 13.6. The van der Waals surface area contributed by atoms with Gasteiger partial charge in [0.25, 0.3) is 0 Å². The molecule has 1 N–H and O–H groups in total. The molecule has 0 saturated carbocycles. The number of hydrogen-bond donors (Lipinski definition) is 1. The molecule has 0 radical (unpaired) electrons. The Kier molecular flexibility index (Phi) is 6.94. The van der Waals surface area contributed by atoms with Gasteiger partial charge in [-0.05, 0) is 52.5 Å². The van der Waals surface area contributed by atoms with E-state index < -0.39 is 26.7 Å². The van der Waals surface area contributed by atoms with Gasteiger partial charge >= 0.3 is 6.18 Å². The van der Waals surface area contributed by atoms with Gasteiger partial charge in [0.15, 0.2) is 5.65 Å². The molecule has 1 saturated heterocycles. The van der Waals surface area contributed by atoms with E-state index in [0.29, 0.717) is 41.0 Å². The molecule has 37 heavy (non-hydrogen) atoms. The average Bonchev–Trinajstić information content (AvgIpc) is 3.28. The fourth-order valence-electron chi connectivity index (χ4n) is 4.45. The number of nitrogens with zero attached hydrogens (tertiary/aromatic N) is 5. The van der Waals surface area contributed by atoms with Crippen LogP contribution in [0.15, 0.2) is 70.4 Å². The zero-order chi connectivity index (χ0) is 26.2. The molecule has 4 heterocycles. The lowest BCUT2D eigenvalue weighted by Crippen LogP contribution is -2.40. The van der Waals surface area contributed by atoms with E-state index >= 15 is 0 Å². The summed E-state index contributed by atoms with van der Waals surface area (Å²) in [5, 5.41) is 7.69. The summed E-state index contributed by atoms with van der Waals surface area (Å²) in [6, 6.07) is 9.87. The molecule has 3 aromatic heterocycles. The average molecular weight is 595 g/mol. The van der Waals surface area contributed by atoms with Crippen molar-refractivity contribution in [1.29, 1.82) is 0 Å². The van der Waals surface area contributed by atoms with Crippen molar-refractivity contribution in [2.75, 3.05) is 18.4 Å². The van der Waals surface area contributed by atoms with E-state index in [1.54, 1.807) is 23.1 Å². The van der Waals surface area contributed by atoms with Crippen LogP contribution in [-0.2, 0) is 22.7 Å². The largest absolute Gasteiger partial charge is 0.417 e. The highest BCUT2D eigenvalue weighted by atomic mass is 79.9. The van der Waals surface area contributed by atoms with Crippen LogP contribution in [0, 0.1) is 0 Å². The number of halogens is 4. The third kappa shape index (κ3) is 5.20. The highest BCUT2D eigenvalue weighted by molar-refractivity contribution is 9.10. The first-order valence-corrected chi connectivity index (χ1v) is 13.7. The van der Waals surface area contributed by atoms with Crippen LogP contribution in [0.3, 0.4) is 0 Å². The normalized spacial score (nSPS) is 17.2. The van der Waals surface area contributed by atoms with Crippen LogP contribution in [0.5, 0.6) is 0 Å². The molecule has 13 heteroatoms. The van der Waals surface area contributed by atoms with E-state index in [1.807, 2.05) is 18.2 Å². The van der Waals surface area contributed by atoms with Gasteiger partial charge in [-0.15, -0.1) is 0 Å². The van der Waals surface area contributed by atoms with Gasteiger partial charge in [-0.2, -0.15) is 27.1 Å². The van der Waals surface area contributed by atoms with Crippen LogP contribution >= 0.6 is 15.9 Å². The molecule has 0 bridgehead atoms. The first kappa shape index (κ1) is 25.6. The van der Waals surface area contributed by atoms with E-state index in [-0.39, 0.29) is 19.0 Å². The Bertz CT molecular complexity index is 1530. The highest BCUT2D eigenvalue weighted by Gasteiger charge is 2.40. The predicted molar refractivity (Wildman–Crippen MR) is 134 cm³/mol. The molecular formula is C24H22BrF3N6O2S.